The number of aromatic nitrogens is 2. The maximum atomic E-state index is 15.0. The zero-order valence-corrected chi connectivity index (χ0v) is 32.3. The highest BCUT2D eigenvalue weighted by Gasteiger charge is 2.22. The Bertz CT molecular complexity index is 1920. The molecule has 4 aromatic rings. The molecule has 0 aliphatic carbocycles. The summed E-state index contributed by atoms with van der Waals surface area (Å²) in [5, 5.41) is 8.63. The third-order valence-electron chi connectivity index (χ3n) is 9.68. The zero-order valence-electron chi connectivity index (χ0n) is 32.3. The Kier molecular flexibility index (Phi) is 13.8. The summed E-state index contributed by atoms with van der Waals surface area (Å²) in [5.74, 6) is 0.295. The Morgan fingerprint density at radius 1 is 0.963 bits per heavy atom. The van der Waals surface area contributed by atoms with Crippen molar-refractivity contribution in [3.05, 3.63) is 83.3 Å². The highest BCUT2D eigenvalue weighted by Crippen LogP contribution is 2.41. The molecule has 12 nitrogen and oxygen atoms in total. The van der Waals surface area contributed by atoms with E-state index in [-0.39, 0.29) is 41.6 Å². The number of benzene rings is 3. The van der Waals surface area contributed by atoms with E-state index < -0.39 is 11.9 Å². The van der Waals surface area contributed by atoms with Gasteiger partial charge in [-0.05, 0) is 93.6 Å². The van der Waals surface area contributed by atoms with E-state index in [0.29, 0.717) is 35.2 Å². The minimum atomic E-state index is -0.818. The fourth-order valence-electron chi connectivity index (χ4n) is 6.20. The van der Waals surface area contributed by atoms with Gasteiger partial charge in [0.05, 0.1) is 13.5 Å². The molecule has 1 atom stereocenters. The first-order valence-corrected chi connectivity index (χ1v) is 18.5. The molecule has 0 bridgehead atoms. The van der Waals surface area contributed by atoms with E-state index in [1.165, 1.54) is 25.4 Å². The van der Waals surface area contributed by atoms with Gasteiger partial charge in [0.15, 0.2) is 23.1 Å². The largest absolute Gasteiger partial charge is 0.493 e. The molecular weight excluding hydrogens is 689 g/mol. The van der Waals surface area contributed by atoms with E-state index in [9.17, 15) is 9.59 Å². The van der Waals surface area contributed by atoms with Crippen molar-refractivity contribution in [2.75, 3.05) is 57.1 Å². The van der Waals surface area contributed by atoms with Gasteiger partial charge in [0.1, 0.15) is 12.4 Å². The average molecular weight is 742 g/mol. The van der Waals surface area contributed by atoms with Crippen LogP contribution in [0.5, 0.6) is 17.2 Å². The summed E-state index contributed by atoms with van der Waals surface area (Å²) in [7, 11) is 1.48. The molecule has 1 unspecified atom stereocenters. The summed E-state index contributed by atoms with van der Waals surface area (Å²) < 4.78 is 32.4. The fraction of sp³-hybridized carbons (Fsp3) is 0.415. The Labute approximate surface area is 317 Å². The summed E-state index contributed by atoms with van der Waals surface area (Å²) in [6.45, 7) is 17.4. The standard InChI is InChI=1S/C41H52FN7O5/c1-8-28(5)44-38(50)24-30-22-33(32-11-9-10-27(4)29(32)6)39(36(23-30)52-7)54-41(51)47-37-14-15-43-40(46-37)45-31-12-13-35(34(42)25-31)53-21-20-48-16-18-49(19-17-48)26(2)3/h9-15,22-23,25-26,28H,8,16-21,24H2,1-7H3,(H,44,50)(H2,43,45,46,47,51). The van der Waals surface area contributed by atoms with Crippen LogP contribution in [0.15, 0.2) is 60.8 Å². The van der Waals surface area contributed by atoms with Crippen LogP contribution in [0.1, 0.15) is 50.8 Å². The summed E-state index contributed by atoms with van der Waals surface area (Å²) in [6.07, 6.45) is 1.58. The molecule has 2 heterocycles. The first-order valence-electron chi connectivity index (χ1n) is 18.5. The number of piperazine rings is 1. The van der Waals surface area contributed by atoms with Crippen molar-refractivity contribution in [3.8, 4) is 28.4 Å². The molecule has 1 saturated heterocycles. The van der Waals surface area contributed by atoms with Crippen molar-refractivity contribution in [3.63, 3.8) is 0 Å². The quantitative estimate of drug-likeness (QED) is 0.116. The molecule has 2 amide bonds. The Morgan fingerprint density at radius 3 is 2.44 bits per heavy atom. The molecule has 288 valence electrons. The number of anilines is 3. The van der Waals surface area contributed by atoms with Gasteiger partial charge in [0, 0.05) is 68.3 Å². The van der Waals surface area contributed by atoms with E-state index in [1.54, 1.807) is 18.2 Å². The topological polar surface area (TPSA) is 130 Å². The second-order valence-electron chi connectivity index (χ2n) is 13.8. The van der Waals surface area contributed by atoms with Crippen LogP contribution in [-0.2, 0) is 11.2 Å². The van der Waals surface area contributed by atoms with Crippen LogP contribution in [-0.4, -0.2) is 90.3 Å². The number of halogens is 1. The minimum Gasteiger partial charge on any atom is -0.493 e. The van der Waals surface area contributed by atoms with Gasteiger partial charge in [0.2, 0.25) is 11.9 Å². The SMILES string of the molecule is CCC(C)NC(=O)Cc1cc(OC)c(OC(=O)Nc2ccnc(Nc3ccc(OCCN4CCN(C(C)C)CC4)c(F)c3)n2)c(-c2cccc(C)c2C)c1. The van der Waals surface area contributed by atoms with Crippen molar-refractivity contribution >= 4 is 29.5 Å². The first kappa shape index (κ1) is 39.9. The van der Waals surface area contributed by atoms with Crippen LogP contribution >= 0.6 is 0 Å². The zero-order chi connectivity index (χ0) is 38.8. The van der Waals surface area contributed by atoms with Gasteiger partial charge in [-0.1, -0.05) is 25.1 Å². The normalized spacial score (nSPS) is 14.0. The van der Waals surface area contributed by atoms with Crippen molar-refractivity contribution in [1.29, 1.82) is 0 Å². The number of nitrogens with zero attached hydrogens (tertiary/aromatic N) is 4. The number of ether oxygens (including phenoxy) is 3. The highest BCUT2D eigenvalue weighted by molar-refractivity contribution is 5.89. The molecule has 0 saturated carbocycles. The monoisotopic (exact) mass is 741 g/mol. The van der Waals surface area contributed by atoms with Crippen LogP contribution in [0.25, 0.3) is 11.1 Å². The van der Waals surface area contributed by atoms with E-state index >= 15 is 4.39 Å². The van der Waals surface area contributed by atoms with Gasteiger partial charge >= 0.3 is 6.09 Å². The van der Waals surface area contributed by atoms with Gasteiger partial charge in [-0.15, -0.1) is 0 Å². The van der Waals surface area contributed by atoms with Gasteiger partial charge in [0.25, 0.3) is 0 Å². The lowest BCUT2D eigenvalue weighted by atomic mass is 9.94. The number of amides is 2. The summed E-state index contributed by atoms with van der Waals surface area (Å²) >= 11 is 0. The molecule has 1 aromatic heterocycles. The van der Waals surface area contributed by atoms with Crippen LogP contribution < -0.4 is 30.2 Å². The van der Waals surface area contributed by atoms with Crippen molar-refractivity contribution in [2.24, 2.45) is 0 Å². The molecule has 1 aliphatic rings. The number of carbonyl (C=O) groups excluding carboxylic acids is 2. The average Bonchev–Trinajstić information content (AvgIpc) is 3.14. The van der Waals surface area contributed by atoms with Gasteiger partial charge in [-0.3, -0.25) is 19.9 Å². The van der Waals surface area contributed by atoms with Gasteiger partial charge in [-0.25, -0.2) is 14.2 Å². The summed E-state index contributed by atoms with van der Waals surface area (Å²) in [6, 6.07) is 16.1. The number of nitrogens with one attached hydrogen (secondary N) is 3. The number of carbonyl (C=O) groups is 2. The lowest BCUT2D eigenvalue weighted by Crippen LogP contribution is -2.49. The second kappa shape index (κ2) is 18.7. The lowest BCUT2D eigenvalue weighted by Gasteiger charge is -2.36. The number of hydrogen-bond acceptors (Lipinski definition) is 10. The molecule has 1 fully saturated rings. The molecule has 5 rings (SSSR count). The molecule has 3 N–H and O–H groups in total. The molecule has 54 heavy (non-hydrogen) atoms. The minimum absolute atomic E-state index is 0.0412. The summed E-state index contributed by atoms with van der Waals surface area (Å²) in [5.41, 5.74) is 4.58. The molecule has 3 aromatic carbocycles. The van der Waals surface area contributed by atoms with Crippen molar-refractivity contribution in [2.45, 2.75) is 66.5 Å². The van der Waals surface area contributed by atoms with Crippen LogP contribution in [0.2, 0.25) is 0 Å². The van der Waals surface area contributed by atoms with E-state index in [0.717, 1.165) is 55.8 Å². The Morgan fingerprint density at radius 2 is 1.74 bits per heavy atom. The highest BCUT2D eigenvalue weighted by atomic mass is 19.1. The lowest BCUT2D eigenvalue weighted by molar-refractivity contribution is -0.121. The maximum absolute atomic E-state index is 15.0. The molecule has 13 heteroatoms. The van der Waals surface area contributed by atoms with Crippen molar-refractivity contribution in [1.82, 2.24) is 25.1 Å². The fourth-order valence-corrected chi connectivity index (χ4v) is 6.20. The third-order valence-corrected chi connectivity index (χ3v) is 9.68. The number of methoxy groups -OCH3 is 1. The molecular formula is C41H52FN7O5. The van der Waals surface area contributed by atoms with Crippen molar-refractivity contribution < 1.29 is 28.2 Å². The van der Waals surface area contributed by atoms with Gasteiger partial charge in [-0.2, -0.15) is 4.98 Å². The van der Waals surface area contributed by atoms with Crippen LogP contribution in [0, 0.1) is 19.7 Å². The predicted octanol–water partition coefficient (Wildman–Crippen LogP) is 7.12. The number of hydrogen-bond donors (Lipinski definition) is 3. The summed E-state index contributed by atoms with van der Waals surface area (Å²) in [4.78, 5) is 39.6. The van der Waals surface area contributed by atoms with Gasteiger partial charge < -0.3 is 24.8 Å². The Balaban J connectivity index is 1.25. The van der Waals surface area contributed by atoms with E-state index in [4.69, 9.17) is 14.2 Å². The molecule has 1 aliphatic heterocycles. The van der Waals surface area contributed by atoms with E-state index in [1.807, 2.05) is 52.0 Å². The predicted molar refractivity (Wildman–Crippen MR) is 210 cm³/mol. The molecule has 0 spiro atoms. The number of rotatable bonds is 15. The Hall–Kier alpha value is -5.27. The molecule has 0 radical (unpaired) electrons. The van der Waals surface area contributed by atoms with E-state index in [2.05, 4.69) is 49.6 Å². The van der Waals surface area contributed by atoms with Crippen LogP contribution in [0.3, 0.4) is 0 Å². The maximum Gasteiger partial charge on any atom is 0.418 e. The first-order chi connectivity index (χ1) is 25.9. The van der Waals surface area contributed by atoms with Crippen LogP contribution in [0.4, 0.5) is 26.6 Å². The third kappa shape index (κ3) is 10.7. The number of aryl methyl sites for hydroxylation is 1. The smallest absolute Gasteiger partial charge is 0.418 e. The second-order valence-corrected chi connectivity index (χ2v) is 13.8.